The topological polar surface area (TPSA) is 127 Å². The Labute approximate surface area is 168 Å². The maximum absolute atomic E-state index is 12.3. The average molecular weight is 393 g/mol. The van der Waals surface area contributed by atoms with E-state index in [1.54, 1.807) is 38.1 Å². The fourth-order valence-electron chi connectivity index (χ4n) is 3.10. The summed E-state index contributed by atoms with van der Waals surface area (Å²) in [5.41, 5.74) is 3.02. The monoisotopic (exact) mass is 393 g/mol. The minimum Gasteiger partial charge on any atom is -0.335 e. The number of aromatic nitrogens is 1. The lowest BCUT2D eigenvalue weighted by Crippen LogP contribution is -2.30. The first kappa shape index (κ1) is 20.1. The number of H-pyrrole nitrogens is 1. The number of nitrogens with zero attached hydrogens (tertiary/aromatic N) is 1. The van der Waals surface area contributed by atoms with Crippen LogP contribution in [0.1, 0.15) is 41.6 Å². The molecule has 8 heteroatoms. The minimum atomic E-state index is -0.407. The number of nitriles is 1. The SMILES string of the molecule is Cc1[nH]c(=O)c(C#N)c(C)c1CCC(=O)Nc1ccc(NC(=O)NC2CC2)cc1. The quantitative estimate of drug-likeness (QED) is 0.602. The van der Waals surface area contributed by atoms with Gasteiger partial charge in [0.05, 0.1) is 0 Å². The lowest BCUT2D eigenvalue weighted by atomic mass is 9.99. The molecule has 0 spiro atoms. The van der Waals surface area contributed by atoms with Crippen molar-refractivity contribution in [2.24, 2.45) is 0 Å². The number of carbonyl (C=O) groups excluding carboxylic acids is 2. The molecule has 0 bridgehead atoms. The first-order chi connectivity index (χ1) is 13.9. The summed E-state index contributed by atoms with van der Waals surface area (Å²) in [4.78, 5) is 38.5. The van der Waals surface area contributed by atoms with Crippen molar-refractivity contribution in [3.63, 3.8) is 0 Å². The number of urea groups is 1. The Morgan fingerprint density at radius 2 is 1.76 bits per heavy atom. The Balaban J connectivity index is 1.55. The molecule has 1 aromatic heterocycles. The molecule has 0 saturated heterocycles. The van der Waals surface area contributed by atoms with Crippen LogP contribution < -0.4 is 21.5 Å². The lowest BCUT2D eigenvalue weighted by Gasteiger charge is -2.11. The molecule has 1 aliphatic rings. The van der Waals surface area contributed by atoms with Crippen LogP contribution in [0, 0.1) is 25.2 Å². The molecule has 0 radical (unpaired) electrons. The van der Waals surface area contributed by atoms with Crippen LogP contribution in [0.4, 0.5) is 16.2 Å². The third-order valence-electron chi connectivity index (χ3n) is 4.86. The van der Waals surface area contributed by atoms with Gasteiger partial charge in [0.1, 0.15) is 11.6 Å². The van der Waals surface area contributed by atoms with E-state index in [4.69, 9.17) is 5.26 Å². The Hall–Kier alpha value is -3.60. The van der Waals surface area contributed by atoms with Gasteiger partial charge in [-0.2, -0.15) is 5.26 Å². The highest BCUT2D eigenvalue weighted by Crippen LogP contribution is 2.20. The predicted octanol–water partition coefficient (Wildman–Crippen LogP) is 2.72. The molecule has 0 atom stereocenters. The number of rotatable bonds is 6. The fraction of sp³-hybridized carbons (Fsp3) is 0.333. The van der Waals surface area contributed by atoms with Crippen LogP contribution >= 0.6 is 0 Å². The van der Waals surface area contributed by atoms with Gasteiger partial charge in [-0.05, 0) is 68.5 Å². The summed E-state index contributed by atoms with van der Waals surface area (Å²) in [6.07, 6.45) is 2.67. The van der Waals surface area contributed by atoms with Crippen molar-refractivity contribution in [3.05, 3.63) is 57.0 Å². The molecule has 1 aliphatic carbocycles. The summed E-state index contributed by atoms with van der Waals surface area (Å²) in [6.45, 7) is 3.48. The highest BCUT2D eigenvalue weighted by atomic mass is 16.2. The zero-order valence-corrected chi connectivity index (χ0v) is 16.4. The van der Waals surface area contributed by atoms with Gasteiger partial charge in [0.25, 0.3) is 5.56 Å². The molecular weight excluding hydrogens is 370 g/mol. The second-order valence-electron chi connectivity index (χ2n) is 7.17. The Morgan fingerprint density at radius 1 is 1.14 bits per heavy atom. The highest BCUT2D eigenvalue weighted by molar-refractivity contribution is 5.92. The number of aryl methyl sites for hydroxylation is 1. The number of hydrogen-bond acceptors (Lipinski definition) is 4. The molecule has 29 heavy (non-hydrogen) atoms. The number of benzene rings is 1. The Morgan fingerprint density at radius 3 is 2.34 bits per heavy atom. The van der Waals surface area contributed by atoms with Crippen molar-refractivity contribution >= 4 is 23.3 Å². The number of anilines is 2. The molecule has 150 valence electrons. The van der Waals surface area contributed by atoms with Gasteiger partial charge in [-0.1, -0.05) is 0 Å². The van der Waals surface area contributed by atoms with E-state index in [2.05, 4.69) is 20.9 Å². The van der Waals surface area contributed by atoms with Crippen LogP contribution in [0.15, 0.2) is 29.1 Å². The summed E-state index contributed by atoms with van der Waals surface area (Å²) >= 11 is 0. The summed E-state index contributed by atoms with van der Waals surface area (Å²) < 4.78 is 0. The normalized spacial score (nSPS) is 12.7. The summed E-state index contributed by atoms with van der Waals surface area (Å²) in [7, 11) is 0. The average Bonchev–Trinajstić information content (AvgIpc) is 3.47. The molecular formula is C21H23N5O3. The molecule has 0 unspecified atom stereocenters. The van der Waals surface area contributed by atoms with Gasteiger partial charge in [-0.3, -0.25) is 9.59 Å². The van der Waals surface area contributed by atoms with Gasteiger partial charge in [-0.25, -0.2) is 4.79 Å². The largest absolute Gasteiger partial charge is 0.335 e. The number of nitrogens with one attached hydrogen (secondary N) is 4. The number of amides is 3. The first-order valence-electron chi connectivity index (χ1n) is 9.47. The van der Waals surface area contributed by atoms with E-state index in [0.717, 1.165) is 18.4 Å². The van der Waals surface area contributed by atoms with Crippen molar-refractivity contribution in [1.29, 1.82) is 5.26 Å². The van der Waals surface area contributed by atoms with Crippen LogP contribution in [-0.4, -0.2) is 23.0 Å². The third-order valence-corrected chi connectivity index (χ3v) is 4.86. The highest BCUT2D eigenvalue weighted by Gasteiger charge is 2.23. The zero-order chi connectivity index (χ0) is 21.0. The molecule has 1 saturated carbocycles. The van der Waals surface area contributed by atoms with Gasteiger partial charge in [0.15, 0.2) is 0 Å². The van der Waals surface area contributed by atoms with Crippen LogP contribution in [0.5, 0.6) is 0 Å². The fourth-order valence-corrected chi connectivity index (χ4v) is 3.10. The minimum absolute atomic E-state index is 0.0832. The molecule has 4 N–H and O–H groups in total. The summed E-state index contributed by atoms with van der Waals surface area (Å²) in [5, 5.41) is 17.5. The Kier molecular flexibility index (Phi) is 5.98. The number of carbonyl (C=O) groups is 2. The third kappa shape index (κ3) is 5.23. The second-order valence-corrected chi connectivity index (χ2v) is 7.17. The number of hydrogen-bond donors (Lipinski definition) is 4. The van der Waals surface area contributed by atoms with Crippen molar-refractivity contribution in [2.75, 3.05) is 10.6 Å². The van der Waals surface area contributed by atoms with Crippen LogP contribution in [0.2, 0.25) is 0 Å². The second kappa shape index (κ2) is 8.61. The van der Waals surface area contributed by atoms with Gasteiger partial charge in [-0.15, -0.1) is 0 Å². The van der Waals surface area contributed by atoms with Gasteiger partial charge in [0, 0.05) is 29.5 Å². The number of pyridine rings is 1. The zero-order valence-electron chi connectivity index (χ0n) is 16.4. The van der Waals surface area contributed by atoms with E-state index < -0.39 is 5.56 Å². The first-order valence-corrected chi connectivity index (χ1v) is 9.47. The van der Waals surface area contributed by atoms with Crippen molar-refractivity contribution < 1.29 is 9.59 Å². The summed E-state index contributed by atoms with van der Waals surface area (Å²) in [5.74, 6) is -0.180. The molecule has 3 rings (SSSR count). The van der Waals surface area contributed by atoms with Crippen LogP contribution in [0.25, 0.3) is 0 Å². The van der Waals surface area contributed by atoms with E-state index in [-0.39, 0.29) is 30.0 Å². The molecule has 2 aromatic rings. The van der Waals surface area contributed by atoms with Crippen molar-refractivity contribution in [2.45, 2.75) is 45.6 Å². The standard InChI is InChI=1S/C21H23N5O3/c1-12-17(13(2)23-20(28)18(12)11-22)9-10-19(27)24-14-3-5-15(6-4-14)25-21(29)26-16-7-8-16/h3-6,16H,7-10H2,1-2H3,(H,23,28)(H,24,27)(H2,25,26,29). The Bertz CT molecular complexity index is 1030. The van der Waals surface area contributed by atoms with E-state index in [1.807, 2.05) is 6.07 Å². The van der Waals surface area contributed by atoms with E-state index in [0.29, 0.717) is 29.1 Å². The van der Waals surface area contributed by atoms with Crippen molar-refractivity contribution in [3.8, 4) is 6.07 Å². The van der Waals surface area contributed by atoms with Gasteiger partial charge < -0.3 is 20.9 Å². The van der Waals surface area contributed by atoms with Crippen molar-refractivity contribution in [1.82, 2.24) is 10.3 Å². The molecule has 1 aromatic carbocycles. The molecule has 8 nitrogen and oxygen atoms in total. The van der Waals surface area contributed by atoms with E-state index in [1.165, 1.54) is 0 Å². The predicted molar refractivity (Wildman–Crippen MR) is 110 cm³/mol. The van der Waals surface area contributed by atoms with Gasteiger partial charge in [0.2, 0.25) is 5.91 Å². The molecule has 1 fully saturated rings. The molecule has 0 aliphatic heterocycles. The van der Waals surface area contributed by atoms with Crippen LogP contribution in [0.3, 0.4) is 0 Å². The molecule has 1 heterocycles. The lowest BCUT2D eigenvalue weighted by molar-refractivity contribution is -0.116. The van der Waals surface area contributed by atoms with E-state index in [9.17, 15) is 14.4 Å². The summed E-state index contributed by atoms with van der Waals surface area (Å²) in [6, 6.07) is 8.84. The smallest absolute Gasteiger partial charge is 0.319 e. The van der Waals surface area contributed by atoms with E-state index >= 15 is 0 Å². The van der Waals surface area contributed by atoms with Crippen LogP contribution in [-0.2, 0) is 11.2 Å². The van der Waals surface area contributed by atoms with Gasteiger partial charge >= 0.3 is 6.03 Å². The maximum atomic E-state index is 12.3. The molecule has 3 amide bonds. The number of aromatic amines is 1. The maximum Gasteiger partial charge on any atom is 0.319 e.